The van der Waals surface area contributed by atoms with Gasteiger partial charge in [0, 0.05) is 5.69 Å². The molecule has 0 fully saturated rings. The van der Waals surface area contributed by atoms with E-state index in [1.807, 2.05) is 6.07 Å². The smallest absolute Gasteiger partial charge is 0.341 e. The van der Waals surface area contributed by atoms with Crippen molar-refractivity contribution in [2.24, 2.45) is 0 Å². The summed E-state index contributed by atoms with van der Waals surface area (Å²) in [7, 11) is 0. The molecule has 0 aliphatic heterocycles. The Morgan fingerprint density at radius 3 is 2.44 bits per heavy atom. The van der Waals surface area contributed by atoms with Crippen LogP contribution in [0.25, 0.3) is 0 Å². The molecule has 6 nitrogen and oxygen atoms in total. The minimum absolute atomic E-state index is 0.0989. The van der Waals surface area contributed by atoms with Gasteiger partial charge in [-0.15, -0.1) is 0 Å². The summed E-state index contributed by atoms with van der Waals surface area (Å²) >= 11 is 0. The van der Waals surface area contributed by atoms with Crippen molar-refractivity contribution in [3.63, 3.8) is 0 Å². The van der Waals surface area contributed by atoms with Crippen LogP contribution in [0.4, 0.5) is 16.2 Å². The molecule has 6 heteroatoms. The summed E-state index contributed by atoms with van der Waals surface area (Å²) < 4.78 is 4.73. The Morgan fingerprint density at radius 1 is 1.06 bits per heavy atom. The van der Waals surface area contributed by atoms with E-state index in [0.29, 0.717) is 5.69 Å². The van der Waals surface area contributed by atoms with Crippen molar-refractivity contribution in [1.29, 1.82) is 0 Å². The van der Waals surface area contributed by atoms with Crippen LogP contribution in [0.15, 0.2) is 47.3 Å². The van der Waals surface area contributed by atoms with Gasteiger partial charge in [-0.05, 0) is 12.1 Å². The van der Waals surface area contributed by atoms with E-state index in [2.05, 4.69) is 10.6 Å². The third-order valence-electron chi connectivity index (χ3n) is 2.17. The van der Waals surface area contributed by atoms with E-state index in [-0.39, 0.29) is 11.3 Å². The van der Waals surface area contributed by atoms with Crippen LogP contribution < -0.4 is 10.6 Å². The van der Waals surface area contributed by atoms with Gasteiger partial charge in [0.15, 0.2) is 0 Å². The van der Waals surface area contributed by atoms with Crippen molar-refractivity contribution >= 4 is 23.4 Å². The van der Waals surface area contributed by atoms with Gasteiger partial charge in [0.25, 0.3) is 0 Å². The highest BCUT2D eigenvalue weighted by molar-refractivity contribution is 6.04. The van der Waals surface area contributed by atoms with E-state index in [0.717, 1.165) is 12.5 Å². The quantitative estimate of drug-likeness (QED) is 0.776. The molecule has 2 rings (SSSR count). The highest BCUT2D eigenvalue weighted by Crippen LogP contribution is 2.17. The minimum atomic E-state index is -1.17. The first-order valence-electron chi connectivity index (χ1n) is 5.09. The number of carboxylic acid groups (broad SMARTS) is 1. The second-order valence-electron chi connectivity index (χ2n) is 3.45. The van der Waals surface area contributed by atoms with Gasteiger partial charge in [-0.25, -0.2) is 9.59 Å². The molecule has 0 radical (unpaired) electrons. The summed E-state index contributed by atoms with van der Waals surface area (Å²) in [4.78, 5) is 22.4. The van der Waals surface area contributed by atoms with Crippen LogP contribution in [-0.4, -0.2) is 17.1 Å². The first-order valence-corrected chi connectivity index (χ1v) is 5.09. The predicted octanol–water partition coefficient (Wildman–Crippen LogP) is 2.62. The molecule has 0 saturated carbocycles. The summed E-state index contributed by atoms with van der Waals surface area (Å²) in [6.45, 7) is 0. The number of carbonyl (C=O) groups is 2. The molecule has 2 aromatic rings. The maximum Gasteiger partial charge on any atom is 0.341 e. The van der Waals surface area contributed by atoms with E-state index in [1.165, 1.54) is 0 Å². The Bertz CT molecular complexity index is 562. The number of hydrogen-bond acceptors (Lipinski definition) is 3. The van der Waals surface area contributed by atoms with Gasteiger partial charge in [0.2, 0.25) is 0 Å². The molecule has 3 N–H and O–H groups in total. The van der Waals surface area contributed by atoms with Crippen LogP contribution >= 0.6 is 0 Å². The lowest BCUT2D eigenvalue weighted by Crippen LogP contribution is -2.20. The number of anilines is 2. The zero-order valence-corrected chi connectivity index (χ0v) is 9.21. The first-order chi connectivity index (χ1) is 8.66. The van der Waals surface area contributed by atoms with Gasteiger partial charge in [0.05, 0.1) is 5.69 Å². The van der Waals surface area contributed by atoms with E-state index in [4.69, 9.17) is 9.52 Å². The van der Waals surface area contributed by atoms with Gasteiger partial charge >= 0.3 is 12.0 Å². The summed E-state index contributed by atoms with van der Waals surface area (Å²) in [5, 5.41) is 13.8. The molecule has 0 spiro atoms. The van der Waals surface area contributed by atoms with Crippen LogP contribution in [0, 0.1) is 0 Å². The third-order valence-corrected chi connectivity index (χ3v) is 2.17. The van der Waals surface area contributed by atoms with E-state index in [1.54, 1.807) is 24.3 Å². The van der Waals surface area contributed by atoms with Gasteiger partial charge in [-0.3, -0.25) is 0 Å². The largest absolute Gasteiger partial charge is 0.477 e. The summed E-state index contributed by atoms with van der Waals surface area (Å²) in [6, 6.07) is 8.26. The molecular weight excluding hydrogens is 236 g/mol. The zero-order chi connectivity index (χ0) is 13.0. The molecule has 1 heterocycles. The van der Waals surface area contributed by atoms with Crippen molar-refractivity contribution in [3.05, 3.63) is 48.4 Å². The third kappa shape index (κ3) is 2.67. The number of hydrogen-bond donors (Lipinski definition) is 3. The van der Waals surface area contributed by atoms with Crippen molar-refractivity contribution in [3.8, 4) is 0 Å². The van der Waals surface area contributed by atoms with Crippen molar-refractivity contribution < 1.29 is 19.1 Å². The van der Waals surface area contributed by atoms with Gasteiger partial charge in [-0.2, -0.15) is 0 Å². The Labute approximate surface area is 102 Å². The van der Waals surface area contributed by atoms with Crippen molar-refractivity contribution in [1.82, 2.24) is 0 Å². The van der Waals surface area contributed by atoms with E-state index >= 15 is 0 Å². The minimum Gasteiger partial charge on any atom is -0.477 e. The van der Waals surface area contributed by atoms with Gasteiger partial charge in [0.1, 0.15) is 18.1 Å². The molecule has 0 unspecified atom stereocenters. The molecule has 1 aromatic heterocycles. The second kappa shape index (κ2) is 5.05. The fourth-order valence-corrected chi connectivity index (χ4v) is 1.37. The molecular formula is C12H10N2O4. The number of furan rings is 1. The number of urea groups is 1. The Kier molecular flexibility index (Phi) is 3.29. The number of para-hydroxylation sites is 1. The SMILES string of the molecule is O=C(Nc1ccccc1)Nc1cocc1C(=O)O. The van der Waals surface area contributed by atoms with Crippen LogP contribution in [0.3, 0.4) is 0 Å². The predicted molar refractivity (Wildman–Crippen MR) is 64.8 cm³/mol. The molecule has 0 aliphatic rings. The maximum atomic E-state index is 11.6. The molecule has 0 atom stereocenters. The van der Waals surface area contributed by atoms with Crippen molar-refractivity contribution in [2.45, 2.75) is 0 Å². The van der Waals surface area contributed by atoms with E-state index in [9.17, 15) is 9.59 Å². The summed E-state index contributed by atoms with van der Waals surface area (Å²) in [6.07, 6.45) is 2.22. The number of amides is 2. The summed E-state index contributed by atoms with van der Waals surface area (Å²) in [5.74, 6) is -1.17. The van der Waals surface area contributed by atoms with Crippen LogP contribution in [-0.2, 0) is 0 Å². The second-order valence-corrected chi connectivity index (χ2v) is 3.45. The molecule has 2 amide bonds. The molecule has 0 saturated heterocycles. The Balaban J connectivity index is 2.04. The summed E-state index contributed by atoms with van der Waals surface area (Å²) in [5.41, 5.74) is 0.615. The molecule has 92 valence electrons. The number of benzene rings is 1. The normalized spacial score (nSPS) is 9.78. The monoisotopic (exact) mass is 246 g/mol. The van der Waals surface area contributed by atoms with Gasteiger partial charge in [-0.1, -0.05) is 18.2 Å². The van der Waals surface area contributed by atoms with Gasteiger partial charge < -0.3 is 20.2 Å². The lowest BCUT2D eigenvalue weighted by molar-refractivity contribution is 0.0697. The Hall–Kier alpha value is -2.76. The highest BCUT2D eigenvalue weighted by Gasteiger charge is 2.14. The Morgan fingerprint density at radius 2 is 1.78 bits per heavy atom. The van der Waals surface area contributed by atoms with Crippen molar-refractivity contribution in [2.75, 3.05) is 10.6 Å². The van der Waals surface area contributed by atoms with Crippen LogP contribution in [0.1, 0.15) is 10.4 Å². The van der Waals surface area contributed by atoms with Crippen LogP contribution in [0.2, 0.25) is 0 Å². The average molecular weight is 246 g/mol. The molecule has 0 aliphatic carbocycles. The number of carbonyl (C=O) groups excluding carboxylic acids is 1. The maximum absolute atomic E-state index is 11.6. The number of carboxylic acids is 1. The lowest BCUT2D eigenvalue weighted by atomic mass is 10.3. The molecule has 0 bridgehead atoms. The zero-order valence-electron chi connectivity index (χ0n) is 9.21. The standard InChI is InChI=1S/C12H10N2O4/c15-11(16)9-6-18-7-10(9)14-12(17)13-8-4-2-1-3-5-8/h1-7H,(H,15,16)(H2,13,14,17). The first kappa shape index (κ1) is 11.7. The molecule has 18 heavy (non-hydrogen) atoms. The fraction of sp³-hybridized carbons (Fsp3) is 0. The molecule has 1 aromatic carbocycles. The fourth-order valence-electron chi connectivity index (χ4n) is 1.37. The van der Waals surface area contributed by atoms with Crippen LogP contribution in [0.5, 0.6) is 0 Å². The highest BCUT2D eigenvalue weighted by atomic mass is 16.4. The lowest BCUT2D eigenvalue weighted by Gasteiger charge is -2.06. The number of aromatic carboxylic acids is 1. The number of nitrogens with one attached hydrogen (secondary N) is 2. The average Bonchev–Trinajstić information content (AvgIpc) is 2.78. The number of rotatable bonds is 3. The van der Waals surface area contributed by atoms with E-state index < -0.39 is 12.0 Å². The topological polar surface area (TPSA) is 91.6 Å².